The Hall–Kier alpha value is -3.85. The zero-order valence-corrected chi connectivity index (χ0v) is 26.4. The van der Waals surface area contributed by atoms with E-state index in [2.05, 4.69) is 38.3 Å². The number of para-hydroxylation sites is 2. The lowest BCUT2D eigenvalue weighted by molar-refractivity contribution is -0.143. The van der Waals surface area contributed by atoms with E-state index in [-0.39, 0.29) is 36.9 Å². The van der Waals surface area contributed by atoms with Crippen molar-refractivity contribution in [1.29, 1.82) is 0 Å². The van der Waals surface area contributed by atoms with E-state index in [1.165, 1.54) is 5.56 Å². The van der Waals surface area contributed by atoms with E-state index in [4.69, 9.17) is 14.2 Å². The number of fused-ring (bicyclic) bond motifs is 2. The summed E-state index contributed by atoms with van der Waals surface area (Å²) < 4.78 is 18.8. The number of anilines is 1. The molecular formula is C36H43N3O6. The SMILES string of the molecule is CC(C)c1ccc(NC(=O)[C@H]2[C@H]3C=C[C@@]4(O3)[C@H]2C(=O)N(C[C@@H]2COc3ccccc3O2)[C@@H]4C(=O)N[C@@H]2CCC[C@H](C)[C@@H]2C)cc1. The van der Waals surface area contributed by atoms with Gasteiger partial charge in [0.05, 0.1) is 24.5 Å². The smallest absolute Gasteiger partial charge is 0.246 e. The number of likely N-dealkylation sites (tertiary alicyclic amines) is 1. The standard InChI is InChI=1S/C36H43N3O6/c1-20(2)23-12-14-24(15-13-23)37-33(40)30-29-16-17-36(45-29)31(30)35(42)39(18-25-19-43-27-10-5-6-11-28(27)44-25)32(36)34(41)38-26-9-7-8-21(3)22(26)4/h5-6,10-17,20-22,25-26,29-32H,7-9,18-19H2,1-4H3,(H,37,40)(H,38,41)/t21-,22-,25+,26+,29+,30-,31+,32+,36+/m0/s1. The molecule has 4 heterocycles. The van der Waals surface area contributed by atoms with Gasteiger partial charge in [-0.25, -0.2) is 0 Å². The van der Waals surface area contributed by atoms with E-state index >= 15 is 0 Å². The number of hydrogen-bond donors (Lipinski definition) is 2. The maximum absolute atomic E-state index is 14.5. The van der Waals surface area contributed by atoms with Crippen molar-refractivity contribution in [3.05, 3.63) is 66.2 Å². The van der Waals surface area contributed by atoms with Crippen molar-refractivity contribution in [3.63, 3.8) is 0 Å². The van der Waals surface area contributed by atoms with Crippen LogP contribution in [0.3, 0.4) is 0 Å². The summed E-state index contributed by atoms with van der Waals surface area (Å²) in [6, 6.07) is 14.3. The van der Waals surface area contributed by atoms with Crippen LogP contribution in [0.2, 0.25) is 0 Å². The zero-order chi connectivity index (χ0) is 31.5. The Kier molecular flexibility index (Phi) is 7.63. The lowest BCUT2D eigenvalue weighted by Gasteiger charge is -2.38. The number of benzene rings is 2. The molecule has 5 aliphatic rings. The van der Waals surface area contributed by atoms with Crippen LogP contribution < -0.4 is 20.1 Å². The average Bonchev–Trinajstić information content (AvgIpc) is 3.67. The molecule has 7 rings (SSSR count). The summed E-state index contributed by atoms with van der Waals surface area (Å²) in [5, 5.41) is 6.34. The second kappa shape index (κ2) is 11.5. The summed E-state index contributed by atoms with van der Waals surface area (Å²) in [7, 11) is 0. The number of rotatable bonds is 7. The van der Waals surface area contributed by atoms with Gasteiger partial charge in [-0.3, -0.25) is 14.4 Å². The summed E-state index contributed by atoms with van der Waals surface area (Å²) in [5.74, 6) is 0.00439. The van der Waals surface area contributed by atoms with Gasteiger partial charge in [-0.1, -0.05) is 77.0 Å². The molecule has 0 unspecified atom stereocenters. The van der Waals surface area contributed by atoms with Crippen molar-refractivity contribution in [2.45, 2.75) is 82.8 Å². The Balaban J connectivity index is 1.17. The van der Waals surface area contributed by atoms with Gasteiger partial charge in [0.2, 0.25) is 17.7 Å². The highest BCUT2D eigenvalue weighted by atomic mass is 16.6. The fourth-order valence-electron chi connectivity index (χ4n) is 8.06. The molecule has 1 saturated carbocycles. The summed E-state index contributed by atoms with van der Waals surface area (Å²) in [4.78, 5) is 44.3. The minimum atomic E-state index is -1.24. The van der Waals surface area contributed by atoms with Gasteiger partial charge in [0.15, 0.2) is 17.6 Å². The van der Waals surface area contributed by atoms with Crippen molar-refractivity contribution in [2.24, 2.45) is 23.7 Å². The first-order valence-corrected chi connectivity index (χ1v) is 16.4. The van der Waals surface area contributed by atoms with E-state index in [0.29, 0.717) is 34.9 Å². The Labute approximate surface area is 264 Å². The van der Waals surface area contributed by atoms with Gasteiger partial charge in [0.25, 0.3) is 0 Å². The van der Waals surface area contributed by atoms with E-state index in [0.717, 1.165) is 19.3 Å². The van der Waals surface area contributed by atoms with E-state index in [1.807, 2.05) is 60.7 Å². The summed E-state index contributed by atoms with van der Waals surface area (Å²) in [6.45, 7) is 9.02. The molecule has 238 valence electrons. The topological polar surface area (TPSA) is 106 Å². The fourth-order valence-corrected chi connectivity index (χ4v) is 8.06. The highest BCUT2D eigenvalue weighted by Gasteiger charge is 2.73. The molecule has 1 spiro atoms. The Morgan fingerprint density at radius 1 is 1.02 bits per heavy atom. The molecule has 2 aromatic carbocycles. The van der Waals surface area contributed by atoms with Crippen LogP contribution in [0.5, 0.6) is 11.5 Å². The molecule has 9 heteroatoms. The number of carbonyl (C=O) groups excluding carboxylic acids is 3. The molecule has 3 fully saturated rings. The van der Waals surface area contributed by atoms with Crippen LogP contribution in [-0.4, -0.2) is 65.7 Å². The highest BCUT2D eigenvalue weighted by molar-refractivity contribution is 6.02. The van der Waals surface area contributed by atoms with Crippen molar-refractivity contribution in [3.8, 4) is 11.5 Å². The van der Waals surface area contributed by atoms with Gasteiger partial charge in [-0.2, -0.15) is 0 Å². The van der Waals surface area contributed by atoms with Crippen LogP contribution in [0.1, 0.15) is 58.4 Å². The van der Waals surface area contributed by atoms with Crippen molar-refractivity contribution in [2.75, 3.05) is 18.5 Å². The predicted molar refractivity (Wildman–Crippen MR) is 169 cm³/mol. The molecule has 3 amide bonds. The fraction of sp³-hybridized carbons (Fsp3) is 0.528. The Bertz CT molecular complexity index is 1510. The summed E-state index contributed by atoms with van der Waals surface area (Å²) >= 11 is 0. The van der Waals surface area contributed by atoms with E-state index in [1.54, 1.807) is 4.90 Å². The summed E-state index contributed by atoms with van der Waals surface area (Å²) in [6.07, 6.45) is 5.69. The average molecular weight is 614 g/mol. The Morgan fingerprint density at radius 3 is 2.53 bits per heavy atom. The first kappa shape index (κ1) is 29.8. The van der Waals surface area contributed by atoms with E-state index < -0.39 is 35.7 Å². The molecule has 2 N–H and O–H groups in total. The van der Waals surface area contributed by atoms with Crippen LogP contribution in [0, 0.1) is 23.7 Å². The van der Waals surface area contributed by atoms with Crippen molar-refractivity contribution >= 4 is 23.4 Å². The minimum absolute atomic E-state index is 0.00489. The van der Waals surface area contributed by atoms with Crippen LogP contribution in [0.4, 0.5) is 5.69 Å². The minimum Gasteiger partial charge on any atom is -0.486 e. The quantitative estimate of drug-likeness (QED) is 0.440. The van der Waals surface area contributed by atoms with E-state index in [9.17, 15) is 14.4 Å². The van der Waals surface area contributed by atoms with Crippen LogP contribution >= 0.6 is 0 Å². The maximum Gasteiger partial charge on any atom is 0.246 e. The number of amides is 3. The Morgan fingerprint density at radius 2 is 1.78 bits per heavy atom. The highest BCUT2D eigenvalue weighted by Crippen LogP contribution is 2.55. The van der Waals surface area contributed by atoms with Gasteiger partial charge in [0.1, 0.15) is 18.2 Å². The molecule has 0 aromatic heterocycles. The predicted octanol–water partition coefficient (Wildman–Crippen LogP) is 4.68. The third kappa shape index (κ3) is 5.09. The lowest BCUT2D eigenvalue weighted by Crippen LogP contribution is -2.59. The monoisotopic (exact) mass is 613 g/mol. The molecule has 45 heavy (non-hydrogen) atoms. The molecule has 0 radical (unpaired) electrons. The molecule has 4 aliphatic heterocycles. The molecule has 2 bridgehead atoms. The van der Waals surface area contributed by atoms with Crippen LogP contribution in [-0.2, 0) is 19.1 Å². The normalized spacial score (nSPS) is 34.6. The second-order valence-corrected chi connectivity index (χ2v) is 13.8. The third-order valence-corrected chi connectivity index (χ3v) is 10.8. The largest absolute Gasteiger partial charge is 0.486 e. The van der Waals surface area contributed by atoms with Gasteiger partial charge in [-0.15, -0.1) is 0 Å². The van der Waals surface area contributed by atoms with Gasteiger partial charge in [-0.05, 0) is 54.0 Å². The van der Waals surface area contributed by atoms with Gasteiger partial charge in [0, 0.05) is 11.7 Å². The lowest BCUT2D eigenvalue weighted by atomic mass is 9.73. The molecule has 2 aromatic rings. The zero-order valence-electron chi connectivity index (χ0n) is 26.4. The second-order valence-electron chi connectivity index (χ2n) is 13.8. The molecule has 9 atom stereocenters. The van der Waals surface area contributed by atoms with Crippen LogP contribution in [0.25, 0.3) is 0 Å². The van der Waals surface area contributed by atoms with Crippen molar-refractivity contribution < 1.29 is 28.6 Å². The maximum atomic E-state index is 14.5. The first-order valence-electron chi connectivity index (χ1n) is 16.4. The number of carbonyl (C=O) groups is 3. The number of nitrogens with zero attached hydrogens (tertiary/aromatic N) is 1. The first-order chi connectivity index (χ1) is 21.7. The number of nitrogens with one attached hydrogen (secondary N) is 2. The van der Waals surface area contributed by atoms with Gasteiger partial charge >= 0.3 is 0 Å². The molecule has 1 aliphatic carbocycles. The molecule has 2 saturated heterocycles. The number of hydrogen-bond acceptors (Lipinski definition) is 6. The molecule has 9 nitrogen and oxygen atoms in total. The molecular weight excluding hydrogens is 570 g/mol. The van der Waals surface area contributed by atoms with Crippen LogP contribution in [0.15, 0.2) is 60.7 Å². The number of ether oxygens (including phenoxy) is 3. The summed E-state index contributed by atoms with van der Waals surface area (Å²) in [5.41, 5.74) is 0.590. The van der Waals surface area contributed by atoms with Gasteiger partial charge < -0.3 is 29.7 Å². The van der Waals surface area contributed by atoms with Crippen molar-refractivity contribution in [1.82, 2.24) is 10.2 Å². The third-order valence-electron chi connectivity index (χ3n) is 10.8.